The molecule has 0 spiro atoms. The number of unbranched alkanes of at least 4 members (excludes halogenated alkanes) is 1. The minimum atomic E-state index is -0.0821. The molecule has 0 saturated heterocycles. The Labute approximate surface area is 107 Å². The highest BCUT2D eigenvalue weighted by atomic mass is 35.5. The number of hydrogen-bond acceptors (Lipinski definition) is 2. The van der Waals surface area contributed by atoms with Crippen LogP contribution < -0.4 is 0 Å². The molecule has 2 aromatic rings. The van der Waals surface area contributed by atoms with Gasteiger partial charge in [-0.3, -0.25) is 0 Å². The topological polar surface area (TPSA) is 30.7 Å². The van der Waals surface area contributed by atoms with E-state index in [1.165, 1.54) is 0 Å². The number of hydrogen-bond donors (Lipinski definition) is 0. The average molecular weight is 252 g/mol. The first kappa shape index (κ1) is 12.4. The highest BCUT2D eigenvalue weighted by Crippen LogP contribution is 2.24. The van der Waals surface area contributed by atoms with E-state index in [2.05, 4.69) is 21.5 Å². The third kappa shape index (κ3) is 2.44. The van der Waals surface area contributed by atoms with Crippen LogP contribution in [0.25, 0.3) is 11.2 Å². The molecular formula is C13H18ClN3. The van der Waals surface area contributed by atoms with Gasteiger partial charge in [0.1, 0.15) is 11.3 Å². The molecule has 0 bridgehead atoms. The fourth-order valence-corrected chi connectivity index (χ4v) is 2.12. The Kier molecular flexibility index (Phi) is 3.67. The van der Waals surface area contributed by atoms with Crippen LogP contribution in [0, 0.1) is 6.92 Å². The fraction of sp³-hybridized carbons (Fsp3) is 0.538. The summed E-state index contributed by atoms with van der Waals surface area (Å²) in [7, 11) is 0. The van der Waals surface area contributed by atoms with Crippen molar-refractivity contribution in [2.45, 2.75) is 45.5 Å². The minimum absolute atomic E-state index is 0.0821. The molecule has 3 nitrogen and oxygen atoms in total. The van der Waals surface area contributed by atoms with Crippen molar-refractivity contribution in [3.63, 3.8) is 0 Å². The number of fused-ring (bicyclic) bond motifs is 1. The molecule has 2 heterocycles. The molecule has 2 rings (SSSR count). The Balaban J connectivity index is 2.56. The van der Waals surface area contributed by atoms with Crippen molar-refractivity contribution in [2.24, 2.45) is 0 Å². The van der Waals surface area contributed by atoms with Crippen molar-refractivity contribution in [1.29, 1.82) is 0 Å². The second-order valence-corrected chi connectivity index (χ2v) is 5.04. The van der Waals surface area contributed by atoms with Crippen molar-refractivity contribution >= 4 is 22.8 Å². The summed E-state index contributed by atoms with van der Waals surface area (Å²) in [5.74, 6) is 0.924. The molecule has 1 atom stereocenters. The Hall–Kier alpha value is -1.09. The van der Waals surface area contributed by atoms with E-state index < -0.39 is 0 Å². The maximum absolute atomic E-state index is 6.19. The van der Waals surface area contributed by atoms with Crippen molar-refractivity contribution in [3.05, 3.63) is 23.7 Å². The van der Waals surface area contributed by atoms with Gasteiger partial charge in [-0.1, -0.05) is 13.3 Å². The molecule has 0 aliphatic carbocycles. The number of nitrogens with zero attached hydrogens (tertiary/aromatic N) is 3. The van der Waals surface area contributed by atoms with Gasteiger partial charge in [-0.15, -0.1) is 11.6 Å². The smallest absolute Gasteiger partial charge is 0.160 e. The van der Waals surface area contributed by atoms with Crippen LogP contribution in [0.15, 0.2) is 12.1 Å². The Morgan fingerprint density at radius 2 is 2.12 bits per heavy atom. The molecule has 2 aromatic heterocycles. The van der Waals surface area contributed by atoms with E-state index in [1.807, 2.05) is 26.0 Å². The van der Waals surface area contributed by atoms with Gasteiger partial charge in [0.05, 0.1) is 5.38 Å². The molecule has 0 aromatic carbocycles. The van der Waals surface area contributed by atoms with Gasteiger partial charge < -0.3 is 4.57 Å². The molecular weight excluding hydrogens is 234 g/mol. The Bertz CT molecular complexity index is 517. The van der Waals surface area contributed by atoms with Crippen molar-refractivity contribution in [1.82, 2.24) is 14.5 Å². The molecule has 17 heavy (non-hydrogen) atoms. The number of halogens is 1. The van der Waals surface area contributed by atoms with Gasteiger partial charge in [-0.2, -0.15) is 0 Å². The molecule has 92 valence electrons. The number of imidazole rings is 1. The number of rotatable bonds is 4. The van der Waals surface area contributed by atoms with Crippen LogP contribution >= 0.6 is 11.6 Å². The van der Waals surface area contributed by atoms with Gasteiger partial charge in [-0.05, 0) is 32.4 Å². The SMILES string of the molecule is CCCCn1c(C(C)Cl)nc2ccc(C)nc21. The van der Waals surface area contributed by atoms with Crippen LogP contribution in [0.1, 0.15) is 43.6 Å². The van der Waals surface area contributed by atoms with Crippen LogP contribution in [-0.2, 0) is 6.54 Å². The zero-order valence-electron chi connectivity index (χ0n) is 10.6. The quantitative estimate of drug-likeness (QED) is 0.773. The molecule has 0 N–H and O–H groups in total. The van der Waals surface area contributed by atoms with E-state index >= 15 is 0 Å². The van der Waals surface area contributed by atoms with Crippen LogP contribution in [-0.4, -0.2) is 14.5 Å². The van der Waals surface area contributed by atoms with Gasteiger partial charge in [0, 0.05) is 12.2 Å². The normalized spacial score (nSPS) is 13.2. The largest absolute Gasteiger partial charge is 0.311 e. The predicted octanol–water partition coefficient (Wildman–Crippen LogP) is 3.84. The molecule has 0 fully saturated rings. The highest BCUT2D eigenvalue weighted by Gasteiger charge is 2.15. The van der Waals surface area contributed by atoms with Gasteiger partial charge in [-0.25, -0.2) is 9.97 Å². The third-order valence-corrected chi connectivity index (χ3v) is 3.05. The predicted molar refractivity (Wildman–Crippen MR) is 71.4 cm³/mol. The first-order valence-corrected chi connectivity index (χ1v) is 6.55. The maximum Gasteiger partial charge on any atom is 0.160 e. The van der Waals surface area contributed by atoms with Crippen LogP contribution in [0.3, 0.4) is 0 Å². The van der Waals surface area contributed by atoms with Crippen LogP contribution in [0.5, 0.6) is 0 Å². The lowest BCUT2D eigenvalue weighted by Crippen LogP contribution is -2.05. The molecule has 0 amide bonds. The van der Waals surface area contributed by atoms with E-state index in [0.29, 0.717) is 0 Å². The van der Waals surface area contributed by atoms with E-state index in [9.17, 15) is 0 Å². The standard InChI is InChI=1S/C13H18ClN3/c1-4-5-8-17-12(10(3)14)16-11-7-6-9(2)15-13(11)17/h6-7,10H,4-5,8H2,1-3H3. The number of aromatic nitrogens is 3. The van der Waals surface area contributed by atoms with Crippen molar-refractivity contribution in [2.75, 3.05) is 0 Å². The number of aryl methyl sites for hydroxylation is 2. The van der Waals surface area contributed by atoms with Crippen molar-refractivity contribution in [3.8, 4) is 0 Å². The molecule has 0 saturated carbocycles. The second-order valence-electron chi connectivity index (χ2n) is 4.39. The van der Waals surface area contributed by atoms with E-state index in [4.69, 9.17) is 11.6 Å². The summed E-state index contributed by atoms with van der Waals surface area (Å²) in [6.45, 7) is 7.08. The summed E-state index contributed by atoms with van der Waals surface area (Å²) in [5.41, 5.74) is 2.92. The Morgan fingerprint density at radius 1 is 1.35 bits per heavy atom. The molecule has 0 aliphatic rings. The lowest BCUT2D eigenvalue weighted by Gasteiger charge is -2.09. The first-order valence-electron chi connectivity index (χ1n) is 6.11. The highest BCUT2D eigenvalue weighted by molar-refractivity contribution is 6.20. The second kappa shape index (κ2) is 5.05. The molecule has 1 unspecified atom stereocenters. The zero-order chi connectivity index (χ0) is 12.4. The molecule has 4 heteroatoms. The third-order valence-electron chi connectivity index (χ3n) is 2.85. The number of alkyl halides is 1. The van der Waals surface area contributed by atoms with Gasteiger partial charge in [0.15, 0.2) is 5.65 Å². The van der Waals surface area contributed by atoms with Gasteiger partial charge >= 0.3 is 0 Å². The fourth-order valence-electron chi connectivity index (χ4n) is 1.95. The summed E-state index contributed by atoms with van der Waals surface area (Å²) >= 11 is 6.19. The zero-order valence-corrected chi connectivity index (χ0v) is 11.3. The van der Waals surface area contributed by atoms with E-state index in [1.54, 1.807) is 0 Å². The minimum Gasteiger partial charge on any atom is -0.311 e. The van der Waals surface area contributed by atoms with E-state index in [0.717, 1.165) is 42.1 Å². The summed E-state index contributed by atoms with van der Waals surface area (Å²) in [4.78, 5) is 9.15. The monoisotopic (exact) mass is 251 g/mol. The lowest BCUT2D eigenvalue weighted by molar-refractivity contribution is 0.612. The molecule has 0 radical (unpaired) electrons. The summed E-state index contributed by atoms with van der Waals surface area (Å²) in [5, 5.41) is -0.0821. The number of pyridine rings is 1. The summed E-state index contributed by atoms with van der Waals surface area (Å²) < 4.78 is 2.16. The summed E-state index contributed by atoms with van der Waals surface area (Å²) in [6.07, 6.45) is 2.28. The van der Waals surface area contributed by atoms with Gasteiger partial charge in [0.25, 0.3) is 0 Å². The van der Waals surface area contributed by atoms with Crippen LogP contribution in [0.2, 0.25) is 0 Å². The summed E-state index contributed by atoms with van der Waals surface area (Å²) in [6, 6.07) is 4.01. The van der Waals surface area contributed by atoms with E-state index in [-0.39, 0.29) is 5.38 Å². The maximum atomic E-state index is 6.19. The lowest BCUT2D eigenvalue weighted by atomic mass is 10.3. The van der Waals surface area contributed by atoms with Gasteiger partial charge in [0.2, 0.25) is 0 Å². The average Bonchev–Trinajstić information content (AvgIpc) is 2.64. The van der Waals surface area contributed by atoms with Crippen molar-refractivity contribution < 1.29 is 0 Å². The Morgan fingerprint density at radius 3 is 2.76 bits per heavy atom. The molecule has 0 aliphatic heterocycles. The van der Waals surface area contributed by atoms with Crippen LogP contribution in [0.4, 0.5) is 0 Å². The first-order chi connectivity index (χ1) is 8.13.